The van der Waals surface area contributed by atoms with Gasteiger partial charge in [-0.3, -0.25) is 0 Å². The lowest BCUT2D eigenvalue weighted by Crippen LogP contribution is -1.88. The molecule has 0 N–H and O–H groups in total. The van der Waals surface area contributed by atoms with E-state index in [1.54, 1.807) is 0 Å². The lowest BCUT2D eigenvalue weighted by molar-refractivity contribution is 0.607. The fourth-order valence-electron chi connectivity index (χ4n) is 2.95. The minimum atomic E-state index is 1.03. The molecule has 2 aromatic rings. The van der Waals surface area contributed by atoms with E-state index < -0.39 is 0 Å². The van der Waals surface area contributed by atoms with E-state index >= 15 is 0 Å². The lowest BCUT2D eigenvalue weighted by Gasteiger charge is -2.06. The van der Waals surface area contributed by atoms with Crippen LogP contribution < -0.4 is 0 Å². The number of unbranched alkanes of at least 4 members (excludes halogenated alkanes) is 5. The van der Waals surface area contributed by atoms with Gasteiger partial charge in [-0.25, -0.2) is 0 Å². The van der Waals surface area contributed by atoms with Gasteiger partial charge >= 0.3 is 0 Å². The summed E-state index contributed by atoms with van der Waals surface area (Å²) in [5.41, 5.74) is 5.50. The van der Waals surface area contributed by atoms with Crippen molar-refractivity contribution in [3.63, 3.8) is 0 Å². The van der Waals surface area contributed by atoms with Gasteiger partial charge in [0.25, 0.3) is 0 Å². The highest BCUT2D eigenvalue weighted by Gasteiger charge is 2.00. The topological polar surface area (TPSA) is 0 Å². The molecule has 0 aromatic heterocycles. The van der Waals surface area contributed by atoms with Gasteiger partial charge < -0.3 is 0 Å². The van der Waals surface area contributed by atoms with Crippen molar-refractivity contribution in [2.45, 2.75) is 58.3 Å². The monoisotopic (exact) mass is 372 g/mol. The van der Waals surface area contributed by atoms with Crippen LogP contribution in [0.3, 0.4) is 0 Å². The number of rotatable bonds is 10. The molecule has 2 aromatic carbocycles. The highest BCUT2D eigenvalue weighted by Crippen LogP contribution is 2.21. The Morgan fingerprint density at radius 2 is 1.09 bits per heavy atom. The fraction of sp³-hybridized carbons (Fsp3) is 0.455. The quantitative estimate of drug-likeness (QED) is 0.305. The van der Waals surface area contributed by atoms with Crippen molar-refractivity contribution in [2.24, 2.45) is 0 Å². The number of hydrogen-bond acceptors (Lipinski definition) is 0. The molecular formula is C22H29Br. The standard InChI is InChI=1S/C22H29Br/c1-2-3-4-5-6-7-8-19-9-13-21(14-10-19)22-15-11-20(12-16-22)17-18-23/h9-16H,2-8,17-18H2,1H3. The van der Waals surface area contributed by atoms with E-state index in [1.807, 2.05) is 0 Å². The molecule has 0 spiro atoms. The van der Waals surface area contributed by atoms with Crippen LogP contribution in [-0.4, -0.2) is 5.33 Å². The molecule has 23 heavy (non-hydrogen) atoms. The first kappa shape index (κ1) is 18.3. The molecule has 0 unspecified atom stereocenters. The van der Waals surface area contributed by atoms with Gasteiger partial charge in [0.15, 0.2) is 0 Å². The van der Waals surface area contributed by atoms with Crippen LogP contribution in [-0.2, 0) is 12.8 Å². The first-order chi connectivity index (χ1) is 11.3. The molecular weight excluding hydrogens is 344 g/mol. The predicted octanol–water partition coefficient (Wildman–Crippen LogP) is 7.19. The Morgan fingerprint density at radius 1 is 0.609 bits per heavy atom. The molecule has 0 aliphatic carbocycles. The van der Waals surface area contributed by atoms with E-state index in [0.29, 0.717) is 0 Å². The van der Waals surface area contributed by atoms with E-state index in [2.05, 4.69) is 71.4 Å². The van der Waals surface area contributed by atoms with Gasteiger partial charge in [-0.05, 0) is 41.5 Å². The molecule has 0 atom stereocenters. The SMILES string of the molecule is CCCCCCCCc1ccc(-c2ccc(CCBr)cc2)cc1. The summed E-state index contributed by atoms with van der Waals surface area (Å²) in [6, 6.07) is 18.1. The van der Waals surface area contributed by atoms with Gasteiger partial charge in [0.1, 0.15) is 0 Å². The summed E-state index contributed by atoms with van der Waals surface area (Å²) in [6.07, 6.45) is 10.5. The lowest BCUT2D eigenvalue weighted by atomic mass is 10.00. The minimum Gasteiger partial charge on any atom is -0.0924 e. The minimum absolute atomic E-state index is 1.03. The average Bonchev–Trinajstić information content (AvgIpc) is 2.60. The maximum absolute atomic E-state index is 3.50. The summed E-state index contributed by atoms with van der Waals surface area (Å²) in [5, 5.41) is 1.03. The van der Waals surface area contributed by atoms with Gasteiger partial charge in [0.05, 0.1) is 0 Å². The van der Waals surface area contributed by atoms with Crippen molar-refractivity contribution in [2.75, 3.05) is 5.33 Å². The summed E-state index contributed by atoms with van der Waals surface area (Å²) >= 11 is 3.50. The number of halogens is 1. The first-order valence-corrected chi connectivity index (χ1v) is 10.2. The van der Waals surface area contributed by atoms with Crippen molar-refractivity contribution in [3.05, 3.63) is 59.7 Å². The Labute approximate surface area is 150 Å². The molecule has 0 bridgehead atoms. The molecule has 0 nitrogen and oxygen atoms in total. The zero-order chi connectivity index (χ0) is 16.3. The summed E-state index contributed by atoms with van der Waals surface area (Å²) in [6.45, 7) is 2.27. The summed E-state index contributed by atoms with van der Waals surface area (Å²) < 4.78 is 0. The molecule has 0 aliphatic heterocycles. The third-order valence-corrected chi connectivity index (χ3v) is 4.84. The number of alkyl halides is 1. The summed E-state index contributed by atoms with van der Waals surface area (Å²) in [5.74, 6) is 0. The van der Waals surface area contributed by atoms with E-state index in [9.17, 15) is 0 Å². The molecule has 0 aliphatic rings. The summed E-state index contributed by atoms with van der Waals surface area (Å²) in [4.78, 5) is 0. The molecule has 0 heterocycles. The van der Waals surface area contributed by atoms with Crippen LogP contribution in [0.2, 0.25) is 0 Å². The number of benzene rings is 2. The number of aryl methyl sites for hydroxylation is 2. The predicted molar refractivity (Wildman–Crippen MR) is 106 cm³/mol. The van der Waals surface area contributed by atoms with Crippen LogP contribution in [0.25, 0.3) is 11.1 Å². The molecule has 1 heteroatoms. The van der Waals surface area contributed by atoms with Crippen LogP contribution in [0.4, 0.5) is 0 Å². The molecule has 124 valence electrons. The third-order valence-electron chi connectivity index (χ3n) is 4.44. The van der Waals surface area contributed by atoms with Crippen LogP contribution in [0.5, 0.6) is 0 Å². The number of hydrogen-bond donors (Lipinski definition) is 0. The molecule has 0 fully saturated rings. The zero-order valence-electron chi connectivity index (χ0n) is 14.4. The maximum atomic E-state index is 3.50. The van der Waals surface area contributed by atoms with Crippen molar-refractivity contribution < 1.29 is 0 Å². The normalized spacial score (nSPS) is 10.9. The largest absolute Gasteiger partial charge is 0.0924 e. The maximum Gasteiger partial charge on any atom is 0.00718 e. The van der Waals surface area contributed by atoms with E-state index in [1.165, 1.54) is 67.2 Å². The van der Waals surface area contributed by atoms with Crippen molar-refractivity contribution in [3.8, 4) is 11.1 Å². The Hall–Kier alpha value is -1.08. The van der Waals surface area contributed by atoms with Crippen molar-refractivity contribution in [1.29, 1.82) is 0 Å². The molecule has 0 saturated carbocycles. The Balaban J connectivity index is 1.81. The van der Waals surface area contributed by atoms with Gasteiger partial charge in [0, 0.05) is 5.33 Å². The Bertz CT molecular complexity index is 539. The molecule has 0 saturated heterocycles. The van der Waals surface area contributed by atoms with Crippen LogP contribution >= 0.6 is 15.9 Å². The van der Waals surface area contributed by atoms with E-state index in [4.69, 9.17) is 0 Å². The van der Waals surface area contributed by atoms with Gasteiger partial charge in [-0.2, -0.15) is 0 Å². The van der Waals surface area contributed by atoms with E-state index in [-0.39, 0.29) is 0 Å². The molecule has 0 radical (unpaired) electrons. The van der Waals surface area contributed by atoms with Crippen LogP contribution in [0.15, 0.2) is 48.5 Å². The highest BCUT2D eigenvalue weighted by atomic mass is 79.9. The smallest absolute Gasteiger partial charge is 0.00718 e. The fourth-order valence-corrected chi connectivity index (χ4v) is 3.40. The first-order valence-electron chi connectivity index (χ1n) is 9.07. The second kappa shape index (κ2) is 10.6. The van der Waals surface area contributed by atoms with Gasteiger partial charge in [-0.15, -0.1) is 0 Å². The molecule has 0 amide bonds. The Morgan fingerprint density at radius 3 is 1.61 bits per heavy atom. The van der Waals surface area contributed by atoms with Crippen molar-refractivity contribution >= 4 is 15.9 Å². The second-order valence-electron chi connectivity index (χ2n) is 6.35. The summed E-state index contributed by atoms with van der Waals surface area (Å²) in [7, 11) is 0. The zero-order valence-corrected chi connectivity index (χ0v) is 15.9. The highest BCUT2D eigenvalue weighted by molar-refractivity contribution is 9.09. The molecule has 2 rings (SSSR count). The van der Waals surface area contributed by atoms with Crippen LogP contribution in [0.1, 0.15) is 56.6 Å². The van der Waals surface area contributed by atoms with Crippen LogP contribution in [0, 0.1) is 0 Å². The van der Waals surface area contributed by atoms with E-state index in [0.717, 1.165) is 11.8 Å². The second-order valence-corrected chi connectivity index (χ2v) is 7.14. The average molecular weight is 373 g/mol. The van der Waals surface area contributed by atoms with Gasteiger partial charge in [0.2, 0.25) is 0 Å². The Kier molecular flexibility index (Phi) is 8.46. The van der Waals surface area contributed by atoms with Crippen molar-refractivity contribution in [1.82, 2.24) is 0 Å². The van der Waals surface area contributed by atoms with Gasteiger partial charge in [-0.1, -0.05) is 103 Å². The third kappa shape index (κ3) is 6.51.